The fourth-order valence-electron chi connectivity index (χ4n) is 3.77. The van der Waals surface area contributed by atoms with Crippen LogP contribution in [0.25, 0.3) is 27.8 Å². The first kappa shape index (κ1) is 18.9. The van der Waals surface area contributed by atoms with Gasteiger partial charge in [-0.25, -0.2) is 4.98 Å². The Morgan fingerprint density at radius 1 is 1.06 bits per heavy atom. The molecule has 0 aliphatic heterocycles. The second kappa shape index (κ2) is 7.65. The molecule has 0 bridgehead atoms. The Hall–Kier alpha value is -4.06. The Bertz CT molecular complexity index is 1450. The third-order valence-electron chi connectivity index (χ3n) is 5.38. The summed E-state index contributed by atoms with van der Waals surface area (Å²) in [6.45, 7) is 2.66. The topological polar surface area (TPSA) is 71.4 Å². The number of aryl methyl sites for hydroxylation is 1. The molecule has 2 aromatic carbocycles. The molecule has 0 aliphatic rings. The highest BCUT2D eigenvalue weighted by atomic mass is 16.5. The van der Waals surface area contributed by atoms with Gasteiger partial charge in [0.25, 0.3) is 5.56 Å². The maximum absolute atomic E-state index is 13.0. The summed E-state index contributed by atoms with van der Waals surface area (Å²) in [6, 6.07) is 21.7. The Kier molecular flexibility index (Phi) is 4.67. The smallest absolute Gasteiger partial charge is 0.258 e. The molecule has 0 aliphatic carbocycles. The molecule has 0 saturated carbocycles. The summed E-state index contributed by atoms with van der Waals surface area (Å²) < 4.78 is 7.28. The predicted molar refractivity (Wildman–Crippen MR) is 124 cm³/mol. The van der Waals surface area contributed by atoms with Crippen molar-refractivity contribution in [2.75, 3.05) is 12.4 Å². The van der Waals surface area contributed by atoms with Gasteiger partial charge in [0.2, 0.25) is 0 Å². The third kappa shape index (κ3) is 3.53. The number of aromatic amines is 1. The van der Waals surface area contributed by atoms with Crippen molar-refractivity contribution < 1.29 is 4.74 Å². The molecule has 0 spiro atoms. The minimum Gasteiger partial charge on any atom is -0.497 e. The summed E-state index contributed by atoms with van der Waals surface area (Å²) in [5.74, 6) is 1.49. The van der Waals surface area contributed by atoms with Crippen molar-refractivity contribution >= 4 is 22.4 Å². The Balaban J connectivity index is 1.67. The number of hydrogen-bond acceptors (Lipinski definition) is 4. The lowest BCUT2D eigenvalue weighted by molar-refractivity contribution is 0.415. The minimum absolute atomic E-state index is 0.191. The molecular weight excluding hydrogens is 388 g/mol. The van der Waals surface area contributed by atoms with Crippen LogP contribution in [0.1, 0.15) is 11.1 Å². The average Bonchev–Trinajstić information content (AvgIpc) is 3.14. The first-order valence-corrected chi connectivity index (χ1v) is 10.1. The van der Waals surface area contributed by atoms with E-state index in [1.54, 1.807) is 7.11 Å². The molecule has 5 aromatic rings. The molecular formula is C25H22N4O2. The quantitative estimate of drug-likeness (QED) is 0.438. The van der Waals surface area contributed by atoms with Gasteiger partial charge in [-0.2, -0.15) is 0 Å². The number of anilines is 1. The van der Waals surface area contributed by atoms with Crippen LogP contribution >= 0.6 is 0 Å². The molecule has 0 amide bonds. The van der Waals surface area contributed by atoms with Crippen LogP contribution in [0.2, 0.25) is 0 Å². The first-order valence-electron chi connectivity index (χ1n) is 10.1. The number of aromatic nitrogens is 3. The van der Waals surface area contributed by atoms with E-state index in [0.29, 0.717) is 23.6 Å². The van der Waals surface area contributed by atoms with Crippen LogP contribution in [-0.2, 0) is 6.54 Å². The monoisotopic (exact) mass is 410 g/mol. The highest BCUT2D eigenvalue weighted by molar-refractivity contribution is 5.86. The van der Waals surface area contributed by atoms with Crippen LogP contribution in [0.15, 0.2) is 77.7 Å². The average molecular weight is 410 g/mol. The SMILES string of the molecule is COc1ccc2cc(-c3nc4ccc(C)cn4c3NCc3ccccc3)c(=O)[nH]c2c1. The van der Waals surface area contributed by atoms with Crippen LogP contribution in [0, 0.1) is 6.92 Å². The molecule has 0 saturated heterocycles. The van der Waals surface area contributed by atoms with Crippen LogP contribution < -0.4 is 15.6 Å². The second-order valence-electron chi connectivity index (χ2n) is 7.55. The lowest BCUT2D eigenvalue weighted by Gasteiger charge is -2.10. The molecule has 3 aromatic heterocycles. The second-order valence-corrected chi connectivity index (χ2v) is 7.55. The van der Waals surface area contributed by atoms with Crippen molar-refractivity contribution in [3.63, 3.8) is 0 Å². The number of hydrogen-bond donors (Lipinski definition) is 2. The molecule has 0 radical (unpaired) electrons. The van der Waals surface area contributed by atoms with Crippen LogP contribution in [0.4, 0.5) is 5.82 Å². The summed E-state index contributed by atoms with van der Waals surface area (Å²) >= 11 is 0. The van der Waals surface area contributed by atoms with Crippen molar-refractivity contribution in [2.45, 2.75) is 13.5 Å². The van der Waals surface area contributed by atoms with E-state index in [1.165, 1.54) is 0 Å². The van der Waals surface area contributed by atoms with Crippen molar-refractivity contribution in [3.05, 3.63) is 94.4 Å². The van der Waals surface area contributed by atoms with E-state index in [2.05, 4.69) is 22.4 Å². The normalized spacial score (nSPS) is 11.2. The van der Waals surface area contributed by atoms with E-state index in [9.17, 15) is 4.79 Å². The maximum atomic E-state index is 13.0. The van der Waals surface area contributed by atoms with E-state index >= 15 is 0 Å². The van der Waals surface area contributed by atoms with Gasteiger partial charge in [0.1, 0.15) is 22.9 Å². The number of rotatable bonds is 5. The fourth-order valence-corrected chi connectivity index (χ4v) is 3.77. The van der Waals surface area contributed by atoms with Gasteiger partial charge in [0, 0.05) is 18.8 Å². The van der Waals surface area contributed by atoms with Gasteiger partial charge in [-0.05, 0) is 47.7 Å². The number of benzene rings is 2. The van der Waals surface area contributed by atoms with E-state index in [-0.39, 0.29) is 5.56 Å². The van der Waals surface area contributed by atoms with Gasteiger partial charge in [-0.3, -0.25) is 9.20 Å². The molecule has 6 nitrogen and oxygen atoms in total. The number of imidazole rings is 1. The molecule has 5 rings (SSSR count). The maximum Gasteiger partial charge on any atom is 0.258 e. The highest BCUT2D eigenvalue weighted by Gasteiger charge is 2.18. The van der Waals surface area contributed by atoms with Gasteiger partial charge >= 0.3 is 0 Å². The molecule has 2 N–H and O–H groups in total. The summed E-state index contributed by atoms with van der Waals surface area (Å²) in [6.07, 6.45) is 2.03. The number of pyridine rings is 2. The van der Waals surface area contributed by atoms with Gasteiger partial charge in [0.15, 0.2) is 0 Å². The number of H-pyrrole nitrogens is 1. The Labute approximate surface area is 179 Å². The van der Waals surface area contributed by atoms with Crippen LogP contribution in [0.5, 0.6) is 5.75 Å². The van der Waals surface area contributed by atoms with Gasteiger partial charge in [-0.1, -0.05) is 36.4 Å². The Morgan fingerprint density at radius 3 is 2.71 bits per heavy atom. The van der Waals surface area contributed by atoms with Crippen LogP contribution in [0.3, 0.4) is 0 Å². The zero-order valence-corrected chi connectivity index (χ0v) is 17.3. The number of nitrogens with one attached hydrogen (secondary N) is 2. The lowest BCUT2D eigenvalue weighted by Crippen LogP contribution is -2.11. The predicted octanol–water partition coefficient (Wildman–Crippen LogP) is 4.77. The molecule has 3 heterocycles. The van der Waals surface area contributed by atoms with Gasteiger partial charge in [-0.15, -0.1) is 0 Å². The zero-order valence-electron chi connectivity index (χ0n) is 17.3. The number of methoxy groups -OCH3 is 1. The van der Waals surface area contributed by atoms with E-state index in [4.69, 9.17) is 9.72 Å². The van der Waals surface area contributed by atoms with Crippen molar-refractivity contribution in [2.24, 2.45) is 0 Å². The number of fused-ring (bicyclic) bond motifs is 2. The van der Waals surface area contributed by atoms with Crippen molar-refractivity contribution in [1.29, 1.82) is 0 Å². The standard InChI is InChI=1S/C25H22N4O2/c1-16-8-11-22-28-23(24(29(22)15-16)26-14-17-6-4-3-5-7-17)20-12-18-9-10-19(31-2)13-21(18)27-25(20)30/h3-13,15,26H,14H2,1-2H3,(H,27,30). The van der Waals surface area contributed by atoms with E-state index in [0.717, 1.165) is 33.5 Å². The van der Waals surface area contributed by atoms with Crippen molar-refractivity contribution in [3.8, 4) is 17.0 Å². The molecule has 0 fully saturated rings. The lowest BCUT2D eigenvalue weighted by atomic mass is 10.1. The summed E-state index contributed by atoms with van der Waals surface area (Å²) in [7, 11) is 1.61. The molecule has 6 heteroatoms. The number of ether oxygens (including phenoxy) is 1. The molecule has 0 atom stereocenters. The van der Waals surface area contributed by atoms with E-state index < -0.39 is 0 Å². The molecule has 0 unspecified atom stereocenters. The third-order valence-corrected chi connectivity index (χ3v) is 5.38. The fraction of sp³-hybridized carbons (Fsp3) is 0.120. The number of nitrogens with zero attached hydrogens (tertiary/aromatic N) is 2. The largest absolute Gasteiger partial charge is 0.497 e. The van der Waals surface area contributed by atoms with Crippen LogP contribution in [-0.4, -0.2) is 21.5 Å². The summed E-state index contributed by atoms with van der Waals surface area (Å²) in [4.78, 5) is 20.8. The highest BCUT2D eigenvalue weighted by Crippen LogP contribution is 2.29. The Morgan fingerprint density at radius 2 is 1.90 bits per heavy atom. The van der Waals surface area contributed by atoms with Gasteiger partial charge in [0.05, 0.1) is 18.2 Å². The van der Waals surface area contributed by atoms with E-state index in [1.807, 2.05) is 72.1 Å². The summed E-state index contributed by atoms with van der Waals surface area (Å²) in [5, 5.41) is 4.41. The minimum atomic E-state index is -0.191. The summed E-state index contributed by atoms with van der Waals surface area (Å²) in [5.41, 5.74) is 4.73. The molecule has 154 valence electrons. The molecule has 31 heavy (non-hydrogen) atoms. The van der Waals surface area contributed by atoms with Crippen molar-refractivity contribution in [1.82, 2.24) is 14.4 Å². The zero-order chi connectivity index (χ0) is 21.4. The van der Waals surface area contributed by atoms with Gasteiger partial charge < -0.3 is 15.0 Å². The first-order chi connectivity index (χ1) is 15.1.